The minimum Gasteiger partial charge on any atom is -0.492 e. The molecule has 1 heterocycles. The van der Waals surface area contributed by atoms with Gasteiger partial charge in [-0.2, -0.15) is 5.10 Å². The minimum atomic E-state index is -3.37. The lowest BCUT2D eigenvalue weighted by atomic mass is 10.1. The van der Waals surface area contributed by atoms with E-state index in [0.717, 1.165) is 10.9 Å². The van der Waals surface area contributed by atoms with Crippen LogP contribution in [0.4, 0.5) is 5.69 Å². The number of sulfonamides is 1. The van der Waals surface area contributed by atoms with E-state index in [0.29, 0.717) is 48.3 Å². The van der Waals surface area contributed by atoms with Gasteiger partial charge in [0.2, 0.25) is 10.0 Å². The lowest BCUT2D eigenvalue weighted by Gasteiger charge is -2.14. The molecule has 3 rings (SSSR count). The second kappa shape index (κ2) is 10.1. The molecule has 3 aromatic rings. The summed E-state index contributed by atoms with van der Waals surface area (Å²) >= 11 is 5.98. The molecule has 1 unspecified atom stereocenters. The first-order chi connectivity index (χ1) is 14.4. The number of fused-ring (bicyclic) bond motifs is 1. The first kappa shape index (κ1) is 22.4. The van der Waals surface area contributed by atoms with Crippen molar-refractivity contribution in [2.75, 3.05) is 30.2 Å². The quantitative estimate of drug-likeness (QED) is 0.332. The molecule has 30 heavy (non-hydrogen) atoms. The van der Waals surface area contributed by atoms with Gasteiger partial charge in [-0.1, -0.05) is 30.7 Å². The number of aliphatic hydroxyl groups excluding tert-OH is 1. The summed E-state index contributed by atoms with van der Waals surface area (Å²) in [5, 5.41) is 21.6. The molecule has 1 aromatic heterocycles. The summed E-state index contributed by atoms with van der Waals surface area (Å²) in [7, 11) is -3.37. The number of nitrogens with one attached hydrogen (secondary N) is 3. The summed E-state index contributed by atoms with van der Waals surface area (Å²) in [6, 6.07) is 12.2. The van der Waals surface area contributed by atoms with Crippen molar-refractivity contribution in [2.24, 2.45) is 0 Å². The summed E-state index contributed by atoms with van der Waals surface area (Å²) in [5.74, 6) is 0.738. The molecule has 0 aliphatic carbocycles. The molecule has 0 bridgehead atoms. The number of H-pyrrole nitrogens is 1. The normalized spacial score (nSPS) is 12.8. The van der Waals surface area contributed by atoms with E-state index in [2.05, 4.69) is 20.2 Å². The van der Waals surface area contributed by atoms with Crippen molar-refractivity contribution in [3.05, 3.63) is 53.2 Å². The van der Waals surface area contributed by atoms with E-state index in [1.165, 1.54) is 0 Å². The lowest BCUT2D eigenvalue weighted by molar-refractivity contribution is 0.172. The number of hydrogen-bond donors (Lipinski definition) is 4. The maximum absolute atomic E-state index is 11.9. The number of aromatic amines is 1. The third-order valence-electron chi connectivity index (χ3n) is 4.38. The fourth-order valence-electron chi connectivity index (χ4n) is 2.96. The molecule has 10 heteroatoms. The Balaban J connectivity index is 1.45. The highest BCUT2D eigenvalue weighted by Crippen LogP contribution is 2.24. The average Bonchev–Trinajstić information content (AvgIpc) is 3.07. The molecule has 8 nitrogen and oxygen atoms in total. The molecular weight excluding hydrogens is 428 g/mol. The summed E-state index contributed by atoms with van der Waals surface area (Å²) in [6.07, 6.45) is -0.240. The van der Waals surface area contributed by atoms with E-state index < -0.39 is 16.1 Å². The molecule has 4 N–H and O–H groups in total. The number of aliphatic hydroxyl groups is 1. The lowest BCUT2D eigenvalue weighted by Crippen LogP contribution is -2.26. The zero-order valence-electron chi connectivity index (χ0n) is 16.6. The minimum absolute atomic E-state index is 0.0570. The summed E-state index contributed by atoms with van der Waals surface area (Å²) in [5.41, 5.74) is 1.80. The number of nitrogens with zero attached hydrogens (tertiary/aromatic N) is 1. The van der Waals surface area contributed by atoms with Crippen molar-refractivity contribution in [3.8, 4) is 5.75 Å². The van der Waals surface area contributed by atoms with Crippen LogP contribution in [0.25, 0.3) is 10.9 Å². The third kappa shape index (κ3) is 6.09. The molecule has 0 saturated carbocycles. The van der Waals surface area contributed by atoms with Crippen molar-refractivity contribution >= 4 is 38.2 Å². The number of hydrogen-bond acceptors (Lipinski definition) is 6. The average molecular weight is 453 g/mol. The highest BCUT2D eigenvalue weighted by Gasteiger charge is 2.12. The van der Waals surface area contributed by atoms with Gasteiger partial charge in [0.1, 0.15) is 17.5 Å². The van der Waals surface area contributed by atoms with Gasteiger partial charge in [0.05, 0.1) is 17.4 Å². The Labute approximate surface area is 180 Å². The summed E-state index contributed by atoms with van der Waals surface area (Å²) in [6.45, 7) is 3.05. The molecule has 0 radical (unpaired) electrons. The fraction of sp³-hybridized carbons (Fsp3) is 0.350. The first-order valence-electron chi connectivity index (χ1n) is 9.63. The van der Waals surface area contributed by atoms with Gasteiger partial charge in [-0.05, 0) is 36.2 Å². The molecular formula is C20H25ClN4O4S. The van der Waals surface area contributed by atoms with Crippen LogP contribution in [0.2, 0.25) is 5.15 Å². The standard InChI is InChI=1S/C20H25ClN4O4S/c1-2-10-30(27,28)25-15-5-3-4-14(11-15)19(26)13-22-8-9-29-16-6-7-17-18(12-16)23-24-20(17)21/h3-7,11-12,19,22,25-26H,2,8-10,13H2,1H3,(H,23,24). The van der Waals surface area contributed by atoms with Crippen LogP contribution >= 0.6 is 11.6 Å². The highest BCUT2D eigenvalue weighted by atomic mass is 35.5. The van der Waals surface area contributed by atoms with Crippen LogP contribution in [-0.4, -0.2) is 49.2 Å². The van der Waals surface area contributed by atoms with E-state index in [9.17, 15) is 13.5 Å². The van der Waals surface area contributed by atoms with Crippen molar-refractivity contribution in [1.29, 1.82) is 0 Å². The fourth-order valence-corrected chi connectivity index (χ4v) is 4.28. The Kier molecular flexibility index (Phi) is 7.54. The van der Waals surface area contributed by atoms with Crippen LogP contribution in [-0.2, 0) is 10.0 Å². The van der Waals surface area contributed by atoms with Gasteiger partial charge in [0.25, 0.3) is 0 Å². The van der Waals surface area contributed by atoms with Gasteiger partial charge in [0, 0.05) is 30.2 Å². The largest absolute Gasteiger partial charge is 0.492 e. The maximum Gasteiger partial charge on any atom is 0.232 e. The Morgan fingerprint density at radius 1 is 1.27 bits per heavy atom. The third-order valence-corrected chi connectivity index (χ3v) is 6.16. The van der Waals surface area contributed by atoms with Crippen molar-refractivity contribution in [2.45, 2.75) is 19.4 Å². The van der Waals surface area contributed by atoms with Gasteiger partial charge < -0.3 is 15.2 Å². The Hall–Kier alpha value is -2.33. The molecule has 0 amide bonds. The van der Waals surface area contributed by atoms with Gasteiger partial charge in [0.15, 0.2) is 0 Å². The van der Waals surface area contributed by atoms with E-state index in [1.807, 2.05) is 12.1 Å². The van der Waals surface area contributed by atoms with E-state index >= 15 is 0 Å². The molecule has 0 aliphatic rings. The van der Waals surface area contributed by atoms with E-state index in [1.54, 1.807) is 37.3 Å². The molecule has 0 aliphatic heterocycles. The van der Waals surface area contributed by atoms with Gasteiger partial charge in [-0.15, -0.1) is 0 Å². The van der Waals surface area contributed by atoms with Crippen LogP contribution in [0.5, 0.6) is 5.75 Å². The second-order valence-corrected chi connectivity index (χ2v) is 9.05. The van der Waals surface area contributed by atoms with Crippen molar-refractivity contribution in [3.63, 3.8) is 0 Å². The van der Waals surface area contributed by atoms with Crippen molar-refractivity contribution in [1.82, 2.24) is 15.5 Å². The molecule has 0 saturated heterocycles. The Bertz CT molecular complexity index is 1090. The molecule has 2 aromatic carbocycles. The molecule has 1 atom stereocenters. The molecule has 0 spiro atoms. The zero-order chi connectivity index (χ0) is 21.6. The van der Waals surface area contributed by atoms with Gasteiger partial charge in [-0.25, -0.2) is 8.42 Å². The number of ether oxygens (including phenoxy) is 1. The second-order valence-electron chi connectivity index (χ2n) is 6.83. The van der Waals surface area contributed by atoms with Gasteiger partial charge in [-0.3, -0.25) is 9.82 Å². The van der Waals surface area contributed by atoms with Crippen LogP contribution in [0.1, 0.15) is 25.0 Å². The predicted octanol–water partition coefficient (Wildman–Crippen LogP) is 3.07. The first-order valence-corrected chi connectivity index (χ1v) is 11.7. The van der Waals surface area contributed by atoms with Crippen LogP contribution in [0, 0.1) is 0 Å². The maximum atomic E-state index is 11.9. The van der Waals surface area contributed by atoms with Crippen LogP contribution in [0.3, 0.4) is 0 Å². The topological polar surface area (TPSA) is 116 Å². The molecule has 162 valence electrons. The monoisotopic (exact) mass is 452 g/mol. The van der Waals surface area contributed by atoms with Gasteiger partial charge >= 0.3 is 0 Å². The van der Waals surface area contributed by atoms with E-state index in [4.69, 9.17) is 16.3 Å². The van der Waals surface area contributed by atoms with Crippen LogP contribution < -0.4 is 14.8 Å². The zero-order valence-corrected chi connectivity index (χ0v) is 18.1. The van der Waals surface area contributed by atoms with Crippen molar-refractivity contribution < 1.29 is 18.3 Å². The molecule has 0 fully saturated rings. The highest BCUT2D eigenvalue weighted by molar-refractivity contribution is 7.92. The number of halogens is 1. The summed E-state index contributed by atoms with van der Waals surface area (Å²) in [4.78, 5) is 0. The number of benzene rings is 2. The Morgan fingerprint density at radius 2 is 2.10 bits per heavy atom. The number of rotatable bonds is 11. The number of anilines is 1. The number of aromatic nitrogens is 2. The Morgan fingerprint density at radius 3 is 2.90 bits per heavy atom. The van der Waals surface area contributed by atoms with Crippen LogP contribution in [0.15, 0.2) is 42.5 Å². The summed E-state index contributed by atoms with van der Waals surface area (Å²) < 4.78 is 32.0. The van der Waals surface area contributed by atoms with E-state index in [-0.39, 0.29) is 5.75 Å². The SMILES string of the molecule is CCCS(=O)(=O)Nc1cccc(C(O)CNCCOc2ccc3c(Cl)[nH]nc3c2)c1. The predicted molar refractivity (Wildman–Crippen MR) is 119 cm³/mol. The smallest absolute Gasteiger partial charge is 0.232 e.